The Morgan fingerprint density at radius 3 is 2.61 bits per heavy atom. The third-order valence-electron chi connectivity index (χ3n) is 3.62. The van der Waals surface area contributed by atoms with Crippen molar-refractivity contribution in [1.29, 1.82) is 0 Å². The van der Waals surface area contributed by atoms with Crippen LogP contribution in [0.5, 0.6) is 0 Å². The number of nitrogens with one attached hydrogen (secondary N) is 1. The van der Waals surface area contributed by atoms with Crippen molar-refractivity contribution in [3.05, 3.63) is 63.9 Å². The van der Waals surface area contributed by atoms with Crippen LogP contribution in [-0.4, -0.2) is 23.9 Å². The molecular weight excluding hydrogens is 338 g/mol. The second-order valence-corrected chi connectivity index (χ2v) is 6.06. The van der Waals surface area contributed by atoms with E-state index in [2.05, 4.69) is 5.32 Å². The summed E-state index contributed by atoms with van der Waals surface area (Å²) in [4.78, 5) is 14.1. The van der Waals surface area contributed by atoms with E-state index in [1.54, 1.807) is 32.2 Å². The zero-order valence-corrected chi connectivity index (χ0v) is 14.3. The molecule has 2 aromatic carbocycles. The van der Waals surface area contributed by atoms with Gasteiger partial charge in [-0.25, -0.2) is 4.39 Å². The van der Waals surface area contributed by atoms with Crippen LogP contribution in [0.2, 0.25) is 10.0 Å². The number of likely N-dealkylation sites (N-methyl/N-ethyl adjacent to an activating group) is 1. The molecule has 0 spiro atoms. The van der Waals surface area contributed by atoms with Crippen LogP contribution in [-0.2, 0) is 11.3 Å². The molecule has 0 heterocycles. The van der Waals surface area contributed by atoms with Gasteiger partial charge in [0.05, 0.1) is 21.8 Å². The summed E-state index contributed by atoms with van der Waals surface area (Å²) in [7, 11) is 1.79. The highest BCUT2D eigenvalue weighted by molar-refractivity contribution is 6.42. The van der Waals surface area contributed by atoms with Gasteiger partial charge in [0, 0.05) is 6.54 Å². The Hall–Kier alpha value is -1.62. The third-order valence-corrected chi connectivity index (χ3v) is 4.48. The number of amides is 1. The van der Waals surface area contributed by atoms with Crippen molar-refractivity contribution in [2.45, 2.75) is 19.5 Å². The number of halogens is 3. The summed E-state index contributed by atoms with van der Waals surface area (Å²) in [6.45, 7) is 2.19. The van der Waals surface area contributed by atoms with Crippen molar-refractivity contribution in [1.82, 2.24) is 4.90 Å². The van der Waals surface area contributed by atoms with Gasteiger partial charge in [-0.3, -0.25) is 9.69 Å². The van der Waals surface area contributed by atoms with Crippen molar-refractivity contribution in [3.63, 3.8) is 0 Å². The summed E-state index contributed by atoms with van der Waals surface area (Å²) in [5, 5.41) is 3.54. The molecule has 2 aromatic rings. The molecule has 0 aliphatic rings. The number of anilines is 1. The highest BCUT2D eigenvalue weighted by atomic mass is 35.5. The first kappa shape index (κ1) is 17.7. The topological polar surface area (TPSA) is 32.3 Å². The Kier molecular flexibility index (Phi) is 5.99. The van der Waals surface area contributed by atoms with Crippen molar-refractivity contribution < 1.29 is 9.18 Å². The Morgan fingerprint density at radius 2 is 1.91 bits per heavy atom. The molecule has 6 heteroatoms. The average molecular weight is 355 g/mol. The molecule has 0 fully saturated rings. The van der Waals surface area contributed by atoms with Crippen molar-refractivity contribution in [2.75, 3.05) is 12.4 Å². The van der Waals surface area contributed by atoms with Gasteiger partial charge in [-0.15, -0.1) is 0 Å². The molecule has 23 heavy (non-hydrogen) atoms. The normalized spacial score (nSPS) is 12.3. The molecule has 0 bridgehead atoms. The lowest BCUT2D eigenvalue weighted by molar-refractivity contribution is -0.120. The van der Waals surface area contributed by atoms with Gasteiger partial charge < -0.3 is 5.32 Å². The molecule has 122 valence electrons. The van der Waals surface area contributed by atoms with E-state index in [0.717, 1.165) is 5.56 Å². The summed E-state index contributed by atoms with van der Waals surface area (Å²) in [5.74, 6) is -0.760. The number of rotatable bonds is 5. The van der Waals surface area contributed by atoms with E-state index in [9.17, 15) is 9.18 Å². The molecular formula is C17H17Cl2FN2O. The Balaban J connectivity index is 2.04. The molecule has 0 saturated heterocycles. The zero-order chi connectivity index (χ0) is 17.0. The van der Waals surface area contributed by atoms with Gasteiger partial charge in [0.1, 0.15) is 5.82 Å². The summed E-state index contributed by atoms with van der Waals surface area (Å²) < 4.78 is 13.6. The van der Waals surface area contributed by atoms with Gasteiger partial charge >= 0.3 is 0 Å². The van der Waals surface area contributed by atoms with Crippen LogP contribution in [0.15, 0.2) is 42.5 Å². The highest BCUT2D eigenvalue weighted by Gasteiger charge is 2.20. The monoisotopic (exact) mass is 354 g/mol. The Labute approximate surface area is 145 Å². The zero-order valence-electron chi connectivity index (χ0n) is 12.8. The predicted octanol–water partition coefficient (Wildman–Crippen LogP) is 4.59. The van der Waals surface area contributed by atoms with E-state index >= 15 is 0 Å². The van der Waals surface area contributed by atoms with E-state index in [-0.39, 0.29) is 11.6 Å². The van der Waals surface area contributed by atoms with Gasteiger partial charge in [0.2, 0.25) is 5.91 Å². The Morgan fingerprint density at radius 1 is 1.22 bits per heavy atom. The second-order valence-electron chi connectivity index (χ2n) is 5.27. The quantitative estimate of drug-likeness (QED) is 0.851. The van der Waals surface area contributed by atoms with Gasteiger partial charge in [0.15, 0.2) is 0 Å². The fourth-order valence-corrected chi connectivity index (χ4v) is 2.46. The maximum atomic E-state index is 13.6. The molecule has 1 atom stereocenters. The van der Waals surface area contributed by atoms with Crippen LogP contribution in [0.1, 0.15) is 12.5 Å². The molecule has 1 amide bonds. The predicted molar refractivity (Wildman–Crippen MR) is 92.4 cm³/mol. The van der Waals surface area contributed by atoms with E-state index in [1.807, 2.05) is 17.0 Å². The Bertz CT molecular complexity index is 709. The van der Waals surface area contributed by atoms with Crippen LogP contribution in [0.25, 0.3) is 0 Å². The molecule has 0 radical (unpaired) electrons. The van der Waals surface area contributed by atoms with Crippen molar-refractivity contribution >= 4 is 34.8 Å². The number of carbonyl (C=O) groups is 1. The van der Waals surface area contributed by atoms with Crippen LogP contribution < -0.4 is 5.32 Å². The molecule has 0 aromatic heterocycles. The van der Waals surface area contributed by atoms with Gasteiger partial charge in [-0.1, -0.05) is 47.5 Å². The smallest absolute Gasteiger partial charge is 0.241 e. The van der Waals surface area contributed by atoms with Crippen LogP contribution in [0, 0.1) is 5.82 Å². The summed E-state index contributed by atoms with van der Waals surface area (Å²) in [5.41, 5.74) is 0.991. The minimum absolute atomic E-state index is 0.165. The summed E-state index contributed by atoms with van der Waals surface area (Å²) >= 11 is 12.2. The number of benzene rings is 2. The highest BCUT2D eigenvalue weighted by Crippen LogP contribution is 2.26. The van der Waals surface area contributed by atoms with E-state index in [4.69, 9.17) is 23.2 Å². The molecule has 2 rings (SSSR count). The number of para-hydroxylation sites is 1. The number of carbonyl (C=O) groups excluding carboxylic acids is 1. The standard InChI is InChI=1S/C17H17Cl2FN2O/c1-11(17(23)21-15-9-4-3-8-14(15)20)22(2)10-12-6-5-7-13(18)16(12)19/h3-9,11H,10H2,1-2H3,(H,21,23). The molecule has 0 aliphatic heterocycles. The fourth-order valence-electron chi connectivity index (χ4n) is 2.08. The van der Waals surface area contributed by atoms with Crippen LogP contribution >= 0.6 is 23.2 Å². The number of nitrogens with zero attached hydrogens (tertiary/aromatic N) is 1. The molecule has 0 saturated carbocycles. The van der Waals surface area contributed by atoms with Gasteiger partial charge in [-0.05, 0) is 37.7 Å². The molecule has 1 unspecified atom stereocenters. The summed E-state index contributed by atoms with van der Waals surface area (Å²) in [6, 6.07) is 11.0. The maximum Gasteiger partial charge on any atom is 0.241 e. The second kappa shape index (κ2) is 7.77. The van der Waals surface area contributed by atoms with Gasteiger partial charge in [-0.2, -0.15) is 0 Å². The van der Waals surface area contributed by atoms with Crippen LogP contribution in [0.4, 0.5) is 10.1 Å². The van der Waals surface area contributed by atoms with E-state index < -0.39 is 11.9 Å². The number of hydrogen-bond acceptors (Lipinski definition) is 2. The molecule has 3 nitrogen and oxygen atoms in total. The van der Waals surface area contributed by atoms with E-state index in [0.29, 0.717) is 16.6 Å². The largest absolute Gasteiger partial charge is 0.322 e. The maximum absolute atomic E-state index is 13.6. The van der Waals surface area contributed by atoms with Crippen molar-refractivity contribution in [2.24, 2.45) is 0 Å². The van der Waals surface area contributed by atoms with Crippen LogP contribution in [0.3, 0.4) is 0 Å². The van der Waals surface area contributed by atoms with Gasteiger partial charge in [0.25, 0.3) is 0 Å². The number of hydrogen-bond donors (Lipinski definition) is 1. The lowest BCUT2D eigenvalue weighted by Gasteiger charge is -2.24. The first-order chi connectivity index (χ1) is 10.9. The fraction of sp³-hybridized carbons (Fsp3) is 0.235. The minimum atomic E-state index is -0.468. The first-order valence-electron chi connectivity index (χ1n) is 7.08. The minimum Gasteiger partial charge on any atom is -0.322 e. The summed E-state index contributed by atoms with van der Waals surface area (Å²) in [6.07, 6.45) is 0. The lowest BCUT2D eigenvalue weighted by Crippen LogP contribution is -2.39. The lowest BCUT2D eigenvalue weighted by atomic mass is 10.2. The molecule has 1 N–H and O–H groups in total. The average Bonchev–Trinajstić information content (AvgIpc) is 2.53. The van der Waals surface area contributed by atoms with E-state index in [1.165, 1.54) is 12.1 Å². The third kappa shape index (κ3) is 4.44. The van der Waals surface area contributed by atoms with Crippen molar-refractivity contribution in [3.8, 4) is 0 Å². The SMILES string of the molecule is CC(C(=O)Nc1ccccc1F)N(C)Cc1cccc(Cl)c1Cl. The first-order valence-corrected chi connectivity index (χ1v) is 7.84. The molecule has 0 aliphatic carbocycles.